The van der Waals surface area contributed by atoms with Crippen molar-refractivity contribution in [2.75, 3.05) is 17.5 Å². The molecule has 0 bridgehead atoms. The van der Waals surface area contributed by atoms with Crippen molar-refractivity contribution in [2.45, 2.75) is 32.9 Å². The van der Waals surface area contributed by atoms with Crippen molar-refractivity contribution >= 4 is 33.1 Å². The van der Waals surface area contributed by atoms with Crippen LogP contribution in [0.25, 0.3) is 5.57 Å². The monoisotopic (exact) mass is 546 g/mol. The fourth-order valence-corrected chi connectivity index (χ4v) is 4.84. The van der Waals surface area contributed by atoms with Crippen LogP contribution in [0.3, 0.4) is 0 Å². The van der Waals surface area contributed by atoms with Crippen LogP contribution in [0.15, 0.2) is 54.4 Å². The molecule has 0 saturated heterocycles. The highest BCUT2D eigenvalue weighted by molar-refractivity contribution is 7.92. The molecular weight excluding hydrogens is 518 g/mol. The number of amides is 2. The van der Waals surface area contributed by atoms with Gasteiger partial charge in [-0.2, -0.15) is 0 Å². The number of rotatable bonds is 8. The maximum absolute atomic E-state index is 14.4. The number of ether oxygens (including phenoxy) is 1. The van der Waals surface area contributed by atoms with Crippen LogP contribution in [0.2, 0.25) is 0 Å². The van der Waals surface area contributed by atoms with Crippen LogP contribution in [0.5, 0.6) is 11.5 Å². The highest BCUT2D eigenvalue weighted by Crippen LogP contribution is 2.42. The van der Waals surface area contributed by atoms with Crippen molar-refractivity contribution in [2.24, 2.45) is 5.92 Å². The number of nitrogens with zero attached hydrogens (tertiary/aromatic N) is 1. The molecule has 3 N–H and O–H groups in total. The van der Waals surface area contributed by atoms with Crippen LogP contribution in [0.1, 0.15) is 26.3 Å². The zero-order valence-electron chi connectivity index (χ0n) is 21.2. The van der Waals surface area contributed by atoms with E-state index in [1.165, 1.54) is 30.0 Å². The lowest BCUT2D eigenvalue weighted by molar-refractivity contribution is -0.130. The lowest BCUT2D eigenvalue weighted by atomic mass is 9.85. The van der Waals surface area contributed by atoms with E-state index in [4.69, 9.17) is 4.74 Å². The van der Waals surface area contributed by atoms with Crippen molar-refractivity contribution in [3.05, 3.63) is 71.6 Å². The maximum Gasteiger partial charge on any atom is 0.267 e. The first kappa shape index (κ1) is 27.1. The van der Waals surface area contributed by atoms with Gasteiger partial charge in [-0.3, -0.25) is 14.3 Å². The van der Waals surface area contributed by atoms with E-state index in [9.17, 15) is 26.8 Å². The summed E-state index contributed by atoms with van der Waals surface area (Å²) in [5.74, 6) is -3.25. The number of carbonyl (C=O) groups excluding carboxylic acids is 2. The number of fused-ring (bicyclic) bond motifs is 1. The van der Waals surface area contributed by atoms with Crippen LogP contribution in [0.4, 0.5) is 14.5 Å². The van der Waals surface area contributed by atoms with Crippen molar-refractivity contribution in [1.82, 2.24) is 15.5 Å². The van der Waals surface area contributed by atoms with Gasteiger partial charge in [-0.05, 0) is 62.8 Å². The smallest absolute Gasteiger partial charge is 0.267 e. The Balaban J connectivity index is 1.83. The second kappa shape index (κ2) is 10.4. The Kier molecular flexibility index (Phi) is 7.45. The van der Waals surface area contributed by atoms with Crippen LogP contribution in [-0.4, -0.2) is 50.0 Å². The molecule has 2 aliphatic heterocycles. The lowest BCUT2D eigenvalue weighted by Gasteiger charge is -2.32. The van der Waals surface area contributed by atoms with Gasteiger partial charge in [0.2, 0.25) is 15.9 Å². The Morgan fingerprint density at radius 1 is 1.16 bits per heavy atom. The first-order valence-corrected chi connectivity index (χ1v) is 13.6. The van der Waals surface area contributed by atoms with E-state index in [1.807, 2.05) is 13.8 Å². The van der Waals surface area contributed by atoms with Gasteiger partial charge in [-0.25, -0.2) is 17.2 Å². The normalized spacial score (nSPS) is 18.9. The Labute approximate surface area is 219 Å². The average molecular weight is 547 g/mol. The zero-order valence-corrected chi connectivity index (χ0v) is 22.0. The van der Waals surface area contributed by atoms with E-state index in [2.05, 4.69) is 15.4 Å². The lowest BCUT2D eigenvalue weighted by Crippen LogP contribution is -2.48. The molecule has 2 aromatic rings. The summed E-state index contributed by atoms with van der Waals surface area (Å²) in [4.78, 5) is 27.0. The summed E-state index contributed by atoms with van der Waals surface area (Å²) in [5, 5.41) is 5.77. The molecule has 2 heterocycles. The highest BCUT2D eigenvalue weighted by Gasteiger charge is 2.42. The number of anilines is 1. The molecule has 0 fully saturated rings. The van der Waals surface area contributed by atoms with E-state index in [-0.39, 0.29) is 46.5 Å². The minimum atomic E-state index is -3.63. The Morgan fingerprint density at radius 3 is 2.53 bits per heavy atom. The second-order valence-electron chi connectivity index (χ2n) is 9.28. The quantitative estimate of drug-likeness (QED) is 0.468. The molecule has 9 nitrogen and oxygen atoms in total. The van der Waals surface area contributed by atoms with Crippen LogP contribution < -0.4 is 20.1 Å². The van der Waals surface area contributed by atoms with Crippen molar-refractivity contribution < 1.29 is 31.5 Å². The molecule has 2 aliphatic rings. The Hall–Kier alpha value is -3.93. The van der Waals surface area contributed by atoms with Crippen molar-refractivity contribution in [1.29, 1.82) is 0 Å². The molecule has 202 valence electrons. The molecule has 2 amide bonds. The zero-order chi connectivity index (χ0) is 27.8. The molecule has 0 aromatic heterocycles. The predicted molar refractivity (Wildman–Crippen MR) is 138 cm³/mol. The molecule has 4 rings (SSSR count). The number of nitrogens with one attached hydrogen (secondary N) is 3. The van der Waals surface area contributed by atoms with Crippen LogP contribution >= 0.6 is 0 Å². The van der Waals surface area contributed by atoms with Gasteiger partial charge in [0, 0.05) is 42.5 Å². The maximum atomic E-state index is 14.4. The first-order chi connectivity index (χ1) is 17.9. The highest BCUT2D eigenvalue weighted by atomic mass is 32.2. The average Bonchev–Trinajstić information content (AvgIpc) is 3.29. The summed E-state index contributed by atoms with van der Waals surface area (Å²) in [6, 6.07) is 6.36. The molecular formula is C26H28F2N4O5S. The van der Waals surface area contributed by atoms with E-state index >= 15 is 0 Å². The van der Waals surface area contributed by atoms with Crippen molar-refractivity contribution in [3.8, 4) is 11.5 Å². The molecule has 12 heteroatoms. The van der Waals surface area contributed by atoms with E-state index in [0.717, 1.165) is 12.1 Å². The summed E-state index contributed by atoms with van der Waals surface area (Å²) >= 11 is 0. The molecule has 2 unspecified atom stereocenters. The summed E-state index contributed by atoms with van der Waals surface area (Å²) in [7, 11) is -2.07. The van der Waals surface area contributed by atoms with Gasteiger partial charge < -0.3 is 20.3 Å². The van der Waals surface area contributed by atoms with Gasteiger partial charge in [-0.15, -0.1) is 0 Å². The summed E-state index contributed by atoms with van der Waals surface area (Å²) < 4.78 is 60.7. The minimum Gasteiger partial charge on any atom is -0.454 e. The van der Waals surface area contributed by atoms with Crippen molar-refractivity contribution in [3.63, 3.8) is 0 Å². The summed E-state index contributed by atoms with van der Waals surface area (Å²) in [6.07, 6.45) is 3.19. The number of benzene rings is 2. The summed E-state index contributed by atoms with van der Waals surface area (Å²) in [6.45, 7) is 5.11. The van der Waals surface area contributed by atoms with Gasteiger partial charge in [0.25, 0.3) is 5.91 Å². The number of hydrogen-bond acceptors (Lipinski definition) is 6. The number of sulfonamides is 1. The molecule has 2 atom stereocenters. The largest absolute Gasteiger partial charge is 0.454 e. The van der Waals surface area contributed by atoms with Crippen LogP contribution in [-0.2, 0) is 19.6 Å². The van der Waals surface area contributed by atoms with Gasteiger partial charge >= 0.3 is 0 Å². The minimum absolute atomic E-state index is 0.130. The fourth-order valence-electron chi connectivity index (χ4n) is 4.21. The third kappa shape index (κ3) is 5.64. The molecule has 38 heavy (non-hydrogen) atoms. The molecule has 0 radical (unpaired) electrons. The fraction of sp³-hybridized carbons (Fsp3) is 0.308. The number of halogens is 2. The topological polar surface area (TPSA) is 117 Å². The van der Waals surface area contributed by atoms with E-state index in [0.29, 0.717) is 17.2 Å². The molecule has 0 saturated carbocycles. The first-order valence-electron chi connectivity index (χ1n) is 11.9. The van der Waals surface area contributed by atoms with Crippen LogP contribution in [0, 0.1) is 17.6 Å². The second-order valence-corrected chi connectivity index (χ2v) is 11.3. The standard InChI is InChI=1S/C26H28F2N4O5S/c1-5-38(35,36)31-16-7-9-22(37-23-8-6-15(27)10-20(23)28)17(11-16)19-13-32(4)26(34)24-18(19)12-21(30-24)25(33)29-14(2)3/h6-14,18,24,30-31H,5H2,1-4H3,(H,29,33). The molecule has 0 aliphatic carbocycles. The number of hydrogen-bond donors (Lipinski definition) is 3. The van der Waals surface area contributed by atoms with E-state index < -0.39 is 33.6 Å². The predicted octanol–water partition coefficient (Wildman–Crippen LogP) is 3.33. The van der Waals surface area contributed by atoms with E-state index in [1.54, 1.807) is 19.3 Å². The van der Waals surface area contributed by atoms with Gasteiger partial charge in [-0.1, -0.05) is 0 Å². The third-order valence-electron chi connectivity index (χ3n) is 6.04. The number of likely N-dealkylation sites (N-methyl/N-ethyl adjacent to an activating group) is 1. The Bertz CT molecular complexity index is 1460. The SMILES string of the molecule is CCS(=O)(=O)Nc1ccc(Oc2ccc(F)cc2F)c(C2=CN(C)C(=O)C3NC(C(=O)NC(C)C)=CC23)c1. The molecule has 2 aromatic carbocycles. The summed E-state index contributed by atoms with van der Waals surface area (Å²) in [5.41, 5.74) is 1.31. The van der Waals surface area contributed by atoms with Gasteiger partial charge in [0.05, 0.1) is 11.4 Å². The number of carbonyl (C=O) groups is 2. The van der Waals surface area contributed by atoms with Gasteiger partial charge in [0.1, 0.15) is 17.6 Å². The molecule has 0 spiro atoms. The van der Waals surface area contributed by atoms with Gasteiger partial charge in [0.15, 0.2) is 11.6 Å². The third-order valence-corrected chi connectivity index (χ3v) is 7.35. The Morgan fingerprint density at radius 2 is 1.87 bits per heavy atom.